The average molecular weight is 402 g/mol. The first kappa shape index (κ1) is 17.9. The number of amides is 2. The van der Waals surface area contributed by atoms with Crippen LogP contribution in [-0.4, -0.2) is 51.1 Å². The van der Waals surface area contributed by atoms with E-state index in [9.17, 15) is 9.59 Å². The zero-order valence-corrected chi connectivity index (χ0v) is 16.1. The van der Waals surface area contributed by atoms with Crippen molar-refractivity contribution in [2.45, 2.75) is 6.04 Å². The summed E-state index contributed by atoms with van der Waals surface area (Å²) in [7, 11) is 1.65. The number of aromatic nitrogens is 4. The smallest absolute Gasteiger partial charge is 0.291 e. The third-order valence-corrected chi connectivity index (χ3v) is 5.01. The summed E-state index contributed by atoms with van der Waals surface area (Å²) in [5.74, 6) is 0.171. The van der Waals surface area contributed by atoms with E-state index in [1.165, 1.54) is 4.90 Å². The SMILES string of the molecule is CN1C(=O)[C@@H](NC(=O)c2nc3[nH]cc(-c4ccccc4)n3n2)COc2ccccc21. The number of para-hydroxylation sites is 2. The van der Waals surface area contributed by atoms with Crippen molar-refractivity contribution in [1.82, 2.24) is 24.9 Å². The van der Waals surface area contributed by atoms with Crippen molar-refractivity contribution < 1.29 is 14.3 Å². The van der Waals surface area contributed by atoms with Crippen LogP contribution in [0.25, 0.3) is 17.0 Å². The molecule has 1 aliphatic heterocycles. The van der Waals surface area contributed by atoms with E-state index in [0.717, 1.165) is 11.3 Å². The minimum atomic E-state index is -0.856. The Kier molecular flexibility index (Phi) is 4.20. The van der Waals surface area contributed by atoms with E-state index in [4.69, 9.17) is 4.74 Å². The Balaban J connectivity index is 1.39. The first-order valence-electron chi connectivity index (χ1n) is 9.41. The fourth-order valence-corrected chi connectivity index (χ4v) is 3.46. The van der Waals surface area contributed by atoms with E-state index >= 15 is 0 Å². The van der Waals surface area contributed by atoms with Crippen LogP contribution in [0.5, 0.6) is 5.75 Å². The predicted octanol–water partition coefficient (Wildman–Crippen LogP) is 1.88. The second-order valence-electron chi connectivity index (χ2n) is 6.91. The number of aromatic amines is 1. The molecule has 0 radical (unpaired) electrons. The molecule has 0 saturated carbocycles. The molecule has 0 bridgehead atoms. The summed E-state index contributed by atoms with van der Waals surface area (Å²) in [4.78, 5) is 34.3. The normalized spacial score (nSPS) is 16.1. The zero-order valence-electron chi connectivity index (χ0n) is 16.1. The van der Waals surface area contributed by atoms with Crippen LogP contribution in [0.2, 0.25) is 0 Å². The highest BCUT2D eigenvalue weighted by Gasteiger charge is 2.31. The molecular weight excluding hydrogens is 384 g/mol. The molecule has 0 unspecified atom stereocenters. The molecule has 2 aromatic heterocycles. The molecule has 2 aromatic carbocycles. The molecule has 9 heteroatoms. The third kappa shape index (κ3) is 2.96. The lowest BCUT2D eigenvalue weighted by molar-refractivity contribution is -0.120. The number of nitrogens with zero attached hydrogens (tertiary/aromatic N) is 4. The summed E-state index contributed by atoms with van der Waals surface area (Å²) in [5.41, 5.74) is 2.37. The molecule has 1 aliphatic rings. The summed E-state index contributed by atoms with van der Waals surface area (Å²) >= 11 is 0. The van der Waals surface area contributed by atoms with Gasteiger partial charge in [-0.2, -0.15) is 9.50 Å². The number of anilines is 1. The lowest BCUT2D eigenvalue weighted by atomic mass is 10.2. The number of carbonyl (C=O) groups is 2. The van der Waals surface area contributed by atoms with Gasteiger partial charge in [0.15, 0.2) is 0 Å². The van der Waals surface area contributed by atoms with Gasteiger partial charge in [-0.3, -0.25) is 9.59 Å². The molecule has 9 nitrogen and oxygen atoms in total. The van der Waals surface area contributed by atoms with Gasteiger partial charge in [0.25, 0.3) is 11.8 Å². The number of benzene rings is 2. The number of imidazole rings is 1. The number of hydrogen-bond donors (Lipinski definition) is 2. The summed E-state index contributed by atoms with van der Waals surface area (Å²) < 4.78 is 7.30. The molecule has 2 N–H and O–H groups in total. The van der Waals surface area contributed by atoms with Gasteiger partial charge >= 0.3 is 0 Å². The maximum Gasteiger partial charge on any atom is 0.291 e. The summed E-state index contributed by atoms with van der Waals surface area (Å²) in [6.07, 6.45) is 1.78. The number of fused-ring (bicyclic) bond motifs is 2. The van der Waals surface area contributed by atoms with Gasteiger partial charge in [0.1, 0.15) is 18.4 Å². The lowest BCUT2D eigenvalue weighted by Gasteiger charge is -2.19. The van der Waals surface area contributed by atoms with Crippen molar-refractivity contribution in [3.05, 3.63) is 66.6 Å². The highest BCUT2D eigenvalue weighted by Crippen LogP contribution is 2.29. The molecule has 0 saturated heterocycles. The number of hydrogen-bond acceptors (Lipinski definition) is 5. The van der Waals surface area contributed by atoms with E-state index in [1.807, 2.05) is 42.5 Å². The van der Waals surface area contributed by atoms with Gasteiger partial charge in [0.05, 0.1) is 11.4 Å². The van der Waals surface area contributed by atoms with Crippen molar-refractivity contribution in [3.8, 4) is 17.0 Å². The predicted molar refractivity (Wildman–Crippen MR) is 109 cm³/mol. The van der Waals surface area contributed by atoms with Crippen molar-refractivity contribution in [2.75, 3.05) is 18.6 Å². The molecule has 0 aliphatic carbocycles. The molecule has 4 aromatic rings. The van der Waals surface area contributed by atoms with Gasteiger partial charge in [-0.25, -0.2) is 0 Å². The van der Waals surface area contributed by atoms with Crippen molar-refractivity contribution in [1.29, 1.82) is 0 Å². The molecule has 1 atom stereocenters. The summed E-state index contributed by atoms with van der Waals surface area (Å²) in [6.45, 7) is 0.0207. The number of carbonyl (C=O) groups excluding carboxylic acids is 2. The highest BCUT2D eigenvalue weighted by atomic mass is 16.5. The minimum absolute atomic E-state index is 0.0207. The van der Waals surface area contributed by atoms with Crippen LogP contribution in [0.15, 0.2) is 60.8 Å². The number of rotatable bonds is 3. The van der Waals surface area contributed by atoms with E-state index in [1.54, 1.807) is 29.9 Å². The van der Waals surface area contributed by atoms with Gasteiger partial charge in [-0.1, -0.05) is 42.5 Å². The highest BCUT2D eigenvalue weighted by molar-refractivity contribution is 6.02. The van der Waals surface area contributed by atoms with Crippen LogP contribution in [-0.2, 0) is 4.79 Å². The topological polar surface area (TPSA) is 105 Å². The summed E-state index contributed by atoms with van der Waals surface area (Å²) in [5, 5.41) is 7.01. The maximum atomic E-state index is 12.8. The van der Waals surface area contributed by atoms with Crippen LogP contribution in [0.4, 0.5) is 5.69 Å². The third-order valence-electron chi connectivity index (χ3n) is 5.01. The standard InChI is InChI=1S/C21H18N6O3/c1-26-15-9-5-6-10-17(15)30-12-14(20(26)29)23-19(28)18-24-21-22-11-16(27(21)25-18)13-7-3-2-4-8-13/h2-11,14H,12H2,1H3,(H,23,28)(H,22,24,25)/t14-/m0/s1. The van der Waals surface area contributed by atoms with Gasteiger partial charge in [0, 0.05) is 18.8 Å². The Hall–Kier alpha value is -4.14. The Morgan fingerprint density at radius 3 is 2.77 bits per heavy atom. The van der Waals surface area contributed by atoms with E-state index < -0.39 is 11.9 Å². The molecule has 3 heterocycles. The van der Waals surface area contributed by atoms with Crippen molar-refractivity contribution >= 4 is 23.3 Å². The molecule has 0 spiro atoms. The Labute approximate surface area is 171 Å². The van der Waals surface area contributed by atoms with Gasteiger partial charge in [0.2, 0.25) is 11.6 Å². The molecule has 5 rings (SSSR count). The number of ether oxygens (including phenoxy) is 1. The second kappa shape index (κ2) is 7.03. The molecule has 2 amide bonds. The second-order valence-corrected chi connectivity index (χ2v) is 6.91. The summed E-state index contributed by atoms with van der Waals surface area (Å²) in [6, 6.07) is 16.0. The van der Waals surface area contributed by atoms with Gasteiger partial charge < -0.3 is 19.9 Å². The quantitative estimate of drug-likeness (QED) is 0.544. The molecule has 0 fully saturated rings. The van der Waals surface area contributed by atoms with Gasteiger partial charge in [-0.15, -0.1) is 5.10 Å². The Bertz CT molecular complexity index is 1250. The van der Waals surface area contributed by atoms with Crippen LogP contribution in [0.3, 0.4) is 0 Å². The monoisotopic (exact) mass is 402 g/mol. The zero-order chi connectivity index (χ0) is 20.7. The number of likely N-dealkylation sites (N-methyl/N-ethyl adjacent to an activating group) is 1. The van der Waals surface area contributed by atoms with Crippen LogP contribution < -0.4 is 15.0 Å². The van der Waals surface area contributed by atoms with E-state index in [0.29, 0.717) is 17.2 Å². The minimum Gasteiger partial charge on any atom is -0.489 e. The van der Waals surface area contributed by atoms with Gasteiger partial charge in [-0.05, 0) is 12.1 Å². The van der Waals surface area contributed by atoms with Crippen molar-refractivity contribution in [2.24, 2.45) is 0 Å². The van der Waals surface area contributed by atoms with Crippen LogP contribution in [0, 0.1) is 0 Å². The maximum absolute atomic E-state index is 12.8. The largest absolute Gasteiger partial charge is 0.489 e. The van der Waals surface area contributed by atoms with E-state index in [2.05, 4.69) is 20.4 Å². The Morgan fingerprint density at radius 1 is 1.17 bits per heavy atom. The average Bonchev–Trinajstić information content (AvgIpc) is 3.34. The lowest BCUT2D eigenvalue weighted by Crippen LogP contribution is -2.49. The first-order chi connectivity index (χ1) is 14.6. The van der Waals surface area contributed by atoms with Crippen LogP contribution in [0.1, 0.15) is 10.6 Å². The fraction of sp³-hybridized carbons (Fsp3) is 0.143. The fourth-order valence-electron chi connectivity index (χ4n) is 3.46. The van der Waals surface area contributed by atoms with Crippen molar-refractivity contribution in [3.63, 3.8) is 0 Å². The Morgan fingerprint density at radius 2 is 1.93 bits per heavy atom. The number of H-pyrrole nitrogens is 1. The molecule has 150 valence electrons. The van der Waals surface area contributed by atoms with E-state index in [-0.39, 0.29) is 18.3 Å². The molecule has 30 heavy (non-hydrogen) atoms. The molecular formula is C21H18N6O3. The van der Waals surface area contributed by atoms with Crippen LogP contribution >= 0.6 is 0 Å². The first-order valence-corrected chi connectivity index (χ1v) is 9.41. The number of nitrogens with one attached hydrogen (secondary N) is 2.